The number of hydrogen-bond acceptors (Lipinski definition) is 8. The monoisotopic (exact) mass is 552 g/mol. The zero-order valence-electron chi connectivity index (χ0n) is 21.4. The molecule has 0 saturated heterocycles. The number of aromatic nitrogens is 2. The molecule has 2 heterocycles. The van der Waals surface area contributed by atoms with Gasteiger partial charge in [0.05, 0.1) is 48.6 Å². The number of aliphatic hydroxyl groups is 1. The predicted octanol–water partition coefficient (Wildman–Crippen LogP) is -0.615. The molecule has 2 atom stereocenters. The van der Waals surface area contributed by atoms with Crippen LogP contribution in [0.2, 0.25) is 0 Å². The van der Waals surface area contributed by atoms with Gasteiger partial charge < -0.3 is 35.5 Å². The lowest BCUT2D eigenvalue weighted by Crippen LogP contribution is -2.55. The molecule has 1 aliphatic heterocycles. The first-order valence-corrected chi connectivity index (χ1v) is 12.1. The van der Waals surface area contributed by atoms with E-state index in [9.17, 15) is 33.9 Å². The number of nitrogens with one attached hydrogen (secondary N) is 3. The van der Waals surface area contributed by atoms with E-state index in [0.717, 1.165) is 9.80 Å². The molecular weight excluding hydrogens is 524 g/mol. The number of aromatic amines is 1. The Kier molecular flexibility index (Phi) is 10.0. The first kappa shape index (κ1) is 29.4. The van der Waals surface area contributed by atoms with E-state index in [1.54, 1.807) is 25.1 Å². The molecule has 0 aliphatic carbocycles. The second kappa shape index (κ2) is 13.6. The van der Waals surface area contributed by atoms with Crippen molar-refractivity contribution in [3.63, 3.8) is 0 Å². The number of allylic oxidation sites excluding steroid dienone is 1. The third-order valence-corrected chi connectivity index (χ3v) is 5.78. The number of H-pyrrole nitrogens is 1. The van der Waals surface area contributed by atoms with E-state index in [1.165, 1.54) is 36.8 Å². The number of aliphatic carboxylic acids is 1. The van der Waals surface area contributed by atoms with Gasteiger partial charge in [-0.1, -0.05) is 24.3 Å². The number of carboxylic acid groups (broad SMARTS) is 1. The highest BCUT2D eigenvalue weighted by Crippen LogP contribution is 2.33. The van der Waals surface area contributed by atoms with Crippen molar-refractivity contribution in [2.24, 2.45) is 0 Å². The van der Waals surface area contributed by atoms with Crippen molar-refractivity contribution >= 4 is 53.3 Å². The number of anilines is 2. The molecule has 40 heavy (non-hydrogen) atoms. The number of carboxylic acids is 1. The fourth-order valence-corrected chi connectivity index (χ4v) is 4.02. The molecule has 210 valence electrons. The lowest BCUT2D eigenvalue weighted by Gasteiger charge is -2.25. The summed E-state index contributed by atoms with van der Waals surface area (Å²) in [5.74, 6) is -4.33. The molecule has 3 rings (SSSR count). The number of benzene rings is 1. The molecule has 0 radical (unpaired) electrons. The fourth-order valence-electron chi connectivity index (χ4n) is 4.02. The fraction of sp³-hybridized carbons (Fsp3) is 0.269. The minimum atomic E-state index is -1.36. The standard InChI is InChI=1S/C26H28N6O8/c1-2-5-16(8-17-10-27-15-28-17)25(39)30-19-11-31(23(36)14-34)20-6-3-4-7-21(20)32(26(19)40)12-22(35)29-18(13-33)9-24(37)38/h2-8,10,13,15,18-19,34H,9,11-12,14H2,1H3,(H,27,28)(H,29,35)(H,30,39)(H,37,38)/b5-2-,16-8+/t18-,19-/m0/s1. The van der Waals surface area contributed by atoms with Gasteiger partial charge in [0.25, 0.3) is 17.7 Å². The average molecular weight is 553 g/mol. The first-order valence-electron chi connectivity index (χ1n) is 12.1. The number of aliphatic hydroxyl groups excluding tert-OH is 1. The van der Waals surface area contributed by atoms with Crippen molar-refractivity contribution in [3.05, 3.63) is 60.2 Å². The van der Waals surface area contributed by atoms with E-state index in [0.29, 0.717) is 5.69 Å². The molecule has 1 aromatic carbocycles. The van der Waals surface area contributed by atoms with Crippen LogP contribution in [0.5, 0.6) is 0 Å². The number of imidazole rings is 1. The molecule has 0 fully saturated rings. The van der Waals surface area contributed by atoms with E-state index in [4.69, 9.17) is 5.11 Å². The lowest BCUT2D eigenvalue weighted by molar-refractivity contribution is -0.139. The number of carbonyl (C=O) groups is 6. The van der Waals surface area contributed by atoms with Gasteiger partial charge in [0.15, 0.2) is 0 Å². The van der Waals surface area contributed by atoms with Gasteiger partial charge in [0, 0.05) is 5.57 Å². The third kappa shape index (κ3) is 7.26. The lowest BCUT2D eigenvalue weighted by atomic mass is 10.1. The van der Waals surface area contributed by atoms with Crippen LogP contribution in [0, 0.1) is 0 Å². The molecule has 0 bridgehead atoms. The SMILES string of the molecule is C/C=C\C(=C/c1cnc[nH]1)C(=O)N[C@H]1CN(C(=O)CO)c2ccccc2N(CC(=O)N[C@H](C=O)CC(=O)O)C1=O. The molecule has 14 heteroatoms. The highest BCUT2D eigenvalue weighted by Gasteiger charge is 2.37. The van der Waals surface area contributed by atoms with E-state index in [-0.39, 0.29) is 29.8 Å². The maximum absolute atomic E-state index is 13.8. The number of rotatable bonds is 11. The van der Waals surface area contributed by atoms with E-state index in [1.807, 2.05) is 0 Å². The zero-order chi connectivity index (χ0) is 29.2. The van der Waals surface area contributed by atoms with Gasteiger partial charge in [0.2, 0.25) is 5.91 Å². The molecule has 5 N–H and O–H groups in total. The molecule has 1 aliphatic rings. The summed E-state index contributed by atoms with van der Waals surface area (Å²) in [4.78, 5) is 83.7. The van der Waals surface area contributed by atoms with Crippen LogP contribution >= 0.6 is 0 Å². The van der Waals surface area contributed by atoms with Gasteiger partial charge in [-0.15, -0.1) is 0 Å². The Hall–Kier alpha value is -5.11. The normalized spacial score (nSPS) is 16.2. The van der Waals surface area contributed by atoms with Crippen molar-refractivity contribution < 1.29 is 39.0 Å². The topological polar surface area (TPSA) is 202 Å². The number of hydrogen-bond donors (Lipinski definition) is 5. The van der Waals surface area contributed by atoms with Gasteiger partial charge in [-0.05, 0) is 25.1 Å². The summed E-state index contributed by atoms with van der Waals surface area (Å²) in [5.41, 5.74) is 1.000. The summed E-state index contributed by atoms with van der Waals surface area (Å²) in [6.07, 6.45) is 7.15. The Balaban J connectivity index is 1.98. The van der Waals surface area contributed by atoms with Crippen molar-refractivity contribution in [1.29, 1.82) is 0 Å². The number of amides is 4. The Labute approximate surface area is 228 Å². The highest BCUT2D eigenvalue weighted by molar-refractivity contribution is 6.11. The van der Waals surface area contributed by atoms with E-state index >= 15 is 0 Å². The third-order valence-electron chi connectivity index (χ3n) is 5.78. The molecule has 0 unspecified atom stereocenters. The van der Waals surface area contributed by atoms with Crippen LogP contribution in [0.15, 0.2) is 54.5 Å². The summed E-state index contributed by atoms with van der Waals surface area (Å²) in [6, 6.07) is 3.44. The van der Waals surface area contributed by atoms with Crippen LogP contribution in [0.1, 0.15) is 19.0 Å². The zero-order valence-corrected chi connectivity index (χ0v) is 21.4. The number of carbonyl (C=O) groups excluding carboxylic acids is 5. The Morgan fingerprint density at radius 3 is 2.55 bits per heavy atom. The first-order chi connectivity index (χ1) is 19.2. The summed E-state index contributed by atoms with van der Waals surface area (Å²) in [7, 11) is 0. The smallest absolute Gasteiger partial charge is 0.305 e. The van der Waals surface area contributed by atoms with Gasteiger partial charge in [0.1, 0.15) is 25.5 Å². The van der Waals surface area contributed by atoms with Gasteiger partial charge >= 0.3 is 5.97 Å². The Bertz CT molecular complexity index is 1340. The van der Waals surface area contributed by atoms with Crippen molar-refractivity contribution in [3.8, 4) is 0 Å². The van der Waals surface area contributed by atoms with Gasteiger partial charge in [-0.2, -0.15) is 0 Å². The maximum Gasteiger partial charge on any atom is 0.305 e. The number of nitrogens with zero attached hydrogens (tertiary/aromatic N) is 3. The van der Waals surface area contributed by atoms with Crippen LogP contribution in [0.25, 0.3) is 6.08 Å². The molecule has 14 nitrogen and oxygen atoms in total. The Morgan fingerprint density at radius 2 is 1.95 bits per heavy atom. The van der Waals surface area contributed by atoms with Crippen molar-refractivity contribution in [2.75, 3.05) is 29.5 Å². The molecule has 0 saturated carbocycles. The van der Waals surface area contributed by atoms with E-state index < -0.39 is 61.3 Å². The molecule has 0 spiro atoms. The molecular formula is C26H28N6O8. The largest absolute Gasteiger partial charge is 0.481 e. The number of aldehydes is 1. The number of para-hydroxylation sites is 2. The van der Waals surface area contributed by atoms with Crippen LogP contribution in [0.3, 0.4) is 0 Å². The van der Waals surface area contributed by atoms with Crippen LogP contribution in [-0.4, -0.2) is 87.8 Å². The molecule has 1 aromatic heterocycles. The molecule has 4 amide bonds. The second-order valence-electron chi connectivity index (χ2n) is 8.62. The number of fused-ring (bicyclic) bond motifs is 1. The summed E-state index contributed by atoms with van der Waals surface area (Å²) < 4.78 is 0. The highest BCUT2D eigenvalue weighted by atomic mass is 16.4. The summed E-state index contributed by atoms with van der Waals surface area (Å²) >= 11 is 0. The Morgan fingerprint density at radius 1 is 1.23 bits per heavy atom. The quantitative estimate of drug-likeness (QED) is 0.137. The van der Waals surface area contributed by atoms with Crippen molar-refractivity contribution in [2.45, 2.75) is 25.4 Å². The predicted molar refractivity (Wildman–Crippen MR) is 142 cm³/mol. The van der Waals surface area contributed by atoms with Crippen LogP contribution < -0.4 is 20.4 Å². The van der Waals surface area contributed by atoms with E-state index in [2.05, 4.69) is 20.6 Å². The summed E-state index contributed by atoms with van der Waals surface area (Å²) in [5, 5.41) is 23.4. The van der Waals surface area contributed by atoms with Crippen LogP contribution in [-0.2, 0) is 28.8 Å². The van der Waals surface area contributed by atoms with Gasteiger partial charge in [-0.3, -0.25) is 28.9 Å². The minimum absolute atomic E-state index is 0.128. The van der Waals surface area contributed by atoms with Crippen LogP contribution in [0.4, 0.5) is 11.4 Å². The average Bonchev–Trinajstić information content (AvgIpc) is 3.42. The van der Waals surface area contributed by atoms with Crippen molar-refractivity contribution in [1.82, 2.24) is 20.6 Å². The minimum Gasteiger partial charge on any atom is -0.481 e. The summed E-state index contributed by atoms with van der Waals surface area (Å²) in [6.45, 7) is -0.203. The van der Waals surface area contributed by atoms with Gasteiger partial charge in [-0.25, -0.2) is 4.98 Å². The second-order valence-corrected chi connectivity index (χ2v) is 8.62. The maximum atomic E-state index is 13.8. The molecule has 2 aromatic rings.